The fraction of sp³-hybridized carbons (Fsp3) is 0.360. The number of carbonyl (C=O) groups excluding carboxylic acids is 1. The maximum atomic E-state index is 13.5. The highest BCUT2D eigenvalue weighted by Crippen LogP contribution is 2.46. The van der Waals surface area contributed by atoms with E-state index in [9.17, 15) is 9.90 Å². The molecule has 5 rings (SSSR count). The first-order chi connectivity index (χ1) is 14.9. The molecule has 2 N–H and O–H groups in total. The van der Waals surface area contributed by atoms with Crippen LogP contribution in [0.4, 0.5) is 5.82 Å². The van der Waals surface area contributed by atoms with Crippen LogP contribution < -0.4 is 5.32 Å². The van der Waals surface area contributed by atoms with Crippen LogP contribution in [0.5, 0.6) is 5.75 Å². The standard InChI is InChI=1S/C25H26ClN3O2/c1-16-13-23(28-22-8-7-20(30)14-21(16)22)27-19-9-12-29(15-19)24(31)25(10-2-11-25)17-3-5-18(26)6-4-17/h3-8,13-14,19,30H,2,9-12,15H2,1H3,(H,27,28)/t19-/m0/s1. The zero-order chi connectivity index (χ0) is 21.6. The molecule has 31 heavy (non-hydrogen) atoms. The highest BCUT2D eigenvalue weighted by Gasteiger charge is 2.48. The predicted octanol–water partition coefficient (Wildman–Crippen LogP) is 5.04. The van der Waals surface area contributed by atoms with Gasteiger partial charge in [-0.2, -0.15) is 0 Å². The number of halogens is 1. The highest BCUT2D eigenvalue weighted by atomic mass is 35.5. The molecular formula is C25H26ClN3O2. The SMILES string of the molecule is Cc1cc(N[C@H]2CCN(C(=O)C3(c4ccc(Cl)cc4)CCC3)C2)nc2ccc(O)cc12. The maximum Gasteiger partial charge on any atom is 0.233 e. The number of nitrogens with one attached hydrogen (secondary N) is 1. The van der Waals surface area contributed by atoms with Crippen molar-refractivity contribution in [3.8, 4) is 5.75 Å². The van der Waals surface area contributed by atoms with Gasteiger partial charge in [0.15, 0.2) is 0 Å². The average Bonchev–Trinajstić information content (AvgIpc) is 3.17. The molecule has 2 fully saturated rings. The van der Waals surface area contributed by atoms with Gasteiger partial charge < -0.3 is 15.3 Å². The quantitative estimate of drug-likeness (QED) is 0.602. The Labute approximate surface area is 187 Å². The number of aryl methyl sites for hydroxylation is 1. The molecule has 0 spiro atoms. The van der Waals surface area contributed by atoms with Crippen LogP contribution in [0.2, 0.25) is 5.02 Å². The van der Waals surface area contributed by atoms with Crippen LogP contribution in [0.25, 0.3) is 10.9 Å². The van der Waals surface area contributed by atoms with E-state index in [4.69, 9.17) is 16.6 Å². The van der Waals surface area contributed by atoms with Crippen LogP contribution in [-0.4, -0.2) is 40.0 Å². The van der Waals surface area contributed by atoms with Gasteiger partial charge in [-0.05, 0) is 73.7 Å². The Morgan fingerprint density at radius 1 is 1.19 bits per heavy atom. The predicted molar refractivity (Wildman–Crippen MR) is 124 cm³/mol. The van der Waals surface area contributed by atoms with E-state index < -0.39 is 0 Å². The number of carbonyl (C=O) groups is 1. The van der Waals surface area contributed by atoms with Crippen LogP contribution in [0.3, 0.4) is 0 Å². The summed E-state index contributed by atoms with van der Waals surface area (Å²) in [7, 11) is 0. The number of phenols is 1. The van der Waals surface area contributed by atoms with Crippen LogP contribution >= 0.6 is 11.6 Å². The Balaban J connectivity index is 1.31. The number of amides is 1. The third kappa shape index (κ3) is 3.61. The van der Waals surface area contributed by atoms with Crippen LogP contribution in [0, 0.1) is 6.92 Å². The Bertz CT molecular complexity index is 1140. The summed E-state index contributed by atoms with van der Waals surface area (Å²) in [5, 5.41) is 14.9. The van der Waals surface area contributed by atoms with Crippen LogP contribution in [0.1, 0.15) is 36.8 Å². The average molecular weight is 436 g/mol. The minimum absolute atomic E-state index is 0.174. The molecule has 6 heteroatoms. The van der Waals surface area contributed by atoms with Gasteiger partial charge in [0, 0.05) is 29.5 Å². The minimum Gasteiger partial charge on any atom is -0.508 e. The molecule has 1 atom stereocenters. The lowest BCUT2D eigenvalue weighted by Gasteiger charge is -2.43. The van der Waals surface area contributed by atoms with Gasteiger partial charge in [-0.1, -0.05) is 30.2 Å². The van der Waals surface area contributed by atoms with Gasteiger partial charge in [-0.25, -0.2) is 4.98 Å². The number of pyridine rings is 1. The minimum atomic E-state index is -0.390. The number of benzene rings is 2. The van der Waals surface area contributed by atoms with Crippen molar-refractivity contribution in [3.05, 3.63) is 64.7 Å². The van der Waals surface area contributed by atoms with Gasteiger partial charge in [0.2, 0.25) is 5.91 Å². The number of likely N-dealkylation sites (tertiary alicyclic amines) is 1. The molecule has 1 aliphatic carbocycles. The van der Waals surface area contributed by atoms with Crippen molar-refractivity contribution < 1.29 is 9.90 Å². The highest BCUT2D eigenvalue weighted by molar-refractivity contribution is 6.30. The first-order valence-corrected chi connectivity index (χ1v) is 11.2. The lowest BCUT2D eigenvalue weighted by Crippen LogP contribution is -2.50. The van der Waals surface area contributed by atoms with Crippen LogP contribution in [0.15, 0.2) is 48.5 Å². The summed E-state index contributed by atoms with van der Waals surface area (Å²) in [4.78, 5) is 20.2. The molecule has 1 saturated carbocycles. The largest absolute Gasteiger partial charge is 0.508 e. The van der Waals surface area contributed by atoms with E-state index in [0.717, 1.165) is 60.1 Å². The zero-order valence-electron chi connectivity index (χ0n) is 17.6. The van der Waals surface area contributed by atoms with E-state index >= 15 is 0 Å². The number of anilines is 1. The van der Waals surface area contributed by atoms with E-state index in [1.165, 1.54) is 0 Å². The summed E-state index contributed by atoms with van der Waals surface area (Å²) in [5.41, 5.74) is 2.60. The lowest BCUT2D eigenvalue weighted by molar-refractivity contribution is -0.139. The Morgan fingerprint density at radius 2 is 1.97 bits per heavy atom. The first-order valence-electron chi connectivity index (χ1n) is 10.9. The van der Waals surface area contributed by atoms with Crippen molar-refractivity contribution in [2.75, 3.05) is 18.4 Å². The molecule has 3 aromatic rings. The molecule has 1 saturated heterocycles. The van der Waals surface area contributed by atoms with Crippen molar-refractivity contribution in [1.82, 2.24) is 9.88 Å². The Hall–Kier alpha value is -2.79. The van der Waals surface area contributed by atoms with E-state index in [1.807, 2.05) is 48.2 Å². The topological polar surface area (TPSA) is 65.5 Å². The summed E-state index contributed by atoms with van der Waals surface area (Å²) in [5.74, 6) is 1.29. The van der Waals surface area contributed by atoms with E-state index in [1.54, 1.807) is 12.1 Å². The molecule has 0 radical (unpaired) electrons. The summed E-state index contributed by atoms with van der Waals surface area (Å²) >= 11 is 6.06. The Kier molecular flexibility index (Phi) is 5.01. The molecular weight excluding hydrogens is 410 g/mol. The second-order valence-corrected chi connectivity index (χ2v) is 9.29. The van der Waals surface area contributed by atoms with E-state index in [-0.39, 0.29) is 23.1 Å². The summed E-state index contributed by atoms with van der Waals surface area (Å²) in [6.07, 6.45) is 3.79. The number of hydrogen-bond donors (Lipinski definition) is 2. The molecule has 160 valence electrons. The molecule has 0 bridgehead atoms. The normalized spacial score (nSPS) is 19.9. The summed E-state index contributed by atoms with van der Waals surface area (Å²) in [6, 6.07) is 15.2. The van der Waals surface area contributed by atoms with Crippen LogP contribution in [-0.2, 0) is 10.2 Å². The van der Waals surface area contributed by atoms with Crippen molar-refractivity contribution in [1.29, 1.82) is 0 Å². The summed E-state index contributed by atoms with van der Waals surface area (Å²) < 4.78 is 0. The van der Waals surface area contributed by atoms with Crippen molar-refractivity contribution in [2.24, 2.45) is 0 Å². The molecule has 5 nitrogen and oxygen atoms in total. The van der Waals surface area contributed by atoms with E-state index in [0.29, 0.717) is 11.6 Å². The van der Waals surface area contributed by atoms with Gasteiger partial charge in [0.1, 0.15) is 11.6 Å². The number of rotatable bonds is 4. The summed E-state index contributed by atoms with van der Waals surface area (Å²) in [6.45, 7) is 3.46. The molecule has 2 heterocycles. The number of aromatic nitrogens is 1. The molecule has 1 amide bonds. The number of phenolic OH excluding ortho intramolecular Hbond substituents is 1. The molecule has 2 aromatic carbocycles. The number of nitrogens with zero attached hydrogens (tertiary/aromatic N) is 2. The molecule has 1 aromatic heterocycles. The van der Waals surface area contributed by atoms with Gasteiger partial charge in [-0.3, -0.25) is 4.79 Å². The van der Waals surface area contributed by atoms with Crippen molar-refractivity contribution >= 4 is 34.2 Å². The van der Waals surface area contributed by atoms with Gasteiger partial charge in [-0.15, -0.1) is 0 Å². The van der Waals surface area contributed by atoms with Gasteiger partial charge in [0.05, 0.1) is 10.9 Å². The van der Waals surface area contributed by atoms with Crippen molar-refractivity contribution in [2.45, 2.75) is 44.1 Å². The first kappa shape index (κ1) is 20.1. The maximum absolute atomic E-state index is 13.5. The second-order valence-electron chi connectivity index (χ2n) is 8.85. The second kappa shape index (κ2) is 7.72. The molecule has 1 aliphatic heterocycles. The Morgan fingerprint density at radius 3 is 2.68 bits per heavy atom. The zero-order valence-corrected chi connectivity index (χ0v) is 18.3. The third-order valence-corrected chi connectivity index (χ3v) is 7.09. The number of hydrogen-bond acceptors (Lipinski definition) is 4. The monoisotopic (exact) mass is 435 g/mol. The number of fused-ring (bicyclic) bond motifs is 1. The van der Waals surface area contributed by atoms with Crippen molar-refractivity contribution in [3.63, 3.8) is 0 Å². The van der Waals surface area contributed by atoms with Gasteiger partial charge in [0.25, 0.3) is 0 Å². The molecule has 0 unspecified atom stereocenters. The van der Waals surface area contributed by atoms with Gasteiger partial charge >= 0.3 is 0 Å². The van der Waals surface area contributed by atoms with E-state index in [2.05, 4.69) is 5.32 Å². The number of aromatic hydroxyl groups is 1. The lowest BCUT2D eigenvalue weighted by atomic mass is 9.63. The molecule has 2 aliphatic rings. The fourth-order valence-electron chi connectivity index (χ4n) is 4.96. The third-order valence-electron chi connectivity index (χ3n) is 6.84. The smallest absolute Gasteiger partial charge is 0.233 e. The fourth-order valence-corrected chi connectivity index (χ4v) is 5.08.